The molecule has 1 amide bonds. The SMILES string of the molecule is COCCNC(=O)c1cc([C@H]2CN(C/C(C)=C/c3ccccc3)CCO2)nc2ccccc12. The number of amides is 1. The third-order valence-electron chi connectivity index (χ3n) is 5.74. The molecule has 1 fully saturated rings. The number of carbonyl (C=O) groups excluding carboxylic acids is 1. The summed E-state index contributed by atoms with van der Waals surface area (Å²) < 4.78 is 11.2. The van der Waals surface area contributed by atoms with Gasteiger partial charge in [0.25, 0.3) is 5.91 Å². The zero-order valence-corrected chi connectivity index (χ0v) is 19.3. The van der Waals surface area contributed by atoms with Crippen LogP contribution in [0.1, 0.15) is 34.6 Å². The lowest BCUT2D eigenvalue weighted by Gasteiger charge is -2.33. The molecule has 0 radical (unpaired) electrons. The molecule has 6 heteroatoms. The Hall–Kier alpha value is -3.06. The number of pyridine rings is 1. The Morgan fingerprint density at radius 2 is 2.00 bits per heavy atom. The lowest BCUT2D eigenvalue weighted by atomic mass is 10.0. The van der Waals surface area contributed by atoms with E-state index in [1.807, 2.05) is 36.4 Å². The van der Waals surface area contributed by atoms with Crippen molar-refractivity contribution in [2.75, 3.05) is 46.5 Å². The van der Waals surface area contributed by atoms with Gasteiger partial charge >= 0.3 is 0 Å². The average Bonchev–Trinajstić information content (AvgIpc) is 2.84. The zero-order valence-electron chi connectivity index (χ0n) is 19.3. The van der Waals surface area contributed by atoms with Crippen LogP contribution in [0, 0.1) is 0 Å². The van der Waals surface area contributed by atoms with E-state index in [0.29, 0.717) is 25.3 Å². The average molecular weight is 446 g/mol. The molecule has 2 aromatic carbocycles. The highest BCUT2D eigenvalue weighted by atomic mass is 16.5. The van der Waals surface area contributed by atoms with Gasteiger partial charge in [0, 0.05) is 38.7 Å². The first kappa shape index (κ1) is 23.1. The summed E-state index contributed by atoms with van der Waals surface area (Å²) in [5.41, 5.74) is 4.71. The molecule has 0 bridgehead atoms. The Morgan fingerprint density at radius 1 is 1.21 bits per heavy atom. The number of fused-ring (bicyclic) bond motifs is 1. The maximum absolute atomic E-state index is 12.9. The normalized spacial score (nSPS) is 17.3. The van der Waals surface area contributed by atoms with Crippen LogP contribution in [0.3, 0.4) is 0 Å². The predicted molar refractivity (Wildman–Crippen MR) is 131 cm³/mol. The van der Waals surface area contributed by atoms with E-state index in [1.165, 1.54) is 11.1 Å². The third-order valence-corrected chi connectivity index (χ3v) is 5.74. The fraction of sp³-hybridized carbons (Fsp3) is 0.333. The van der Waals surface area contributed by atoms with Crippen molar-refractivity contribution in [1.82, 2.24) is 15.2 Å². The van der Waals surface area contributed by atoms with E-state index in [4.69, 9.17) is 14.5 Å². The smallest absolute Gasteiger partial charge is 0.252 e. The van der Waals surface area contributed by atoms with Crippen LogP contribution in [-0.2, 0) is 9.47 Å². The minimum atomic E-state index is -0.182. The maximum Gasteiger partial charge on any atom is 0.252 e. The predicted octanol–water partition coefficient (Wildman–Crippen LogP) is 4.09. The van der Waals surface area contributed by atoms with Crippen molar-refractivity contribution in [2.45, 2.75) is 13.0 Å². The van der Waals surface area contributed by atoms with Gasteiger partial charge in [-0.1, -0.05) is 60.2 Å². The molecular formula is C27H31N3O3. The van der Waals surface area contributed by atoms with Gasteiger partial charge in [-0.2, -0.15) is 0 Å². The molecule has 1 N–H and O–H groups in total. The van der Waals surface area contributed by atoms with E-state index >= 15 is 0 Å². The van der Waals surface area contributed by atoms with Gasteiger partial charge in [-0.3, -0.25) is 9.69 Å². The molecule has 6 nitrogen and oxygen atoms in total. The molecule has 0 saturated carbocycles. The van der Waals surface area contributed by atoms with Gasteiger partial charge in [0.05, 0.1) is 30.0 Å². The minimum absolute atomic E-state index is 0.124. The summed E-state index contributed by atoms with van der Waals surface area (Å²) in [4.78, 5) is 20.1. The van der Waals surface area contributed by atoms with Crippen LogP contribution in [-0.4, -0.2) is 62.3 Å². The highest BCUT2D eigenvalue weighted by Crippen LogP contribution is 2.26. The molecule has 3 aromatic rings. The number of para-hydroxylation sites is 1. The fourth-order valence-electron chi connectivity index (χ4n) is 4.17. The quantitative estimate of drug-likeness (QED) is 0.529. The van der Waals surface area contributed by atoms with Crippen molar-refractivity contribution in [1.29, 1.82) is 0 Å². The molecule has 1 saturated heterocycles. The van der Waals surface area contributed by atoms with Gasteiger partial charge in [0.2, 0.25) is 0 Å². The molecule has 172 valence electrons. The standard InChI is InChI=1S/C27H31N3O3/c1-20(16-21-8-4-3-5-9-21)18-30-13-15-33-26(19-30)25-17-23(27(31)28-12-14-32-2)22-10-6-7-11-24(22)29-25/h3-11,16-17,26H,12-15,18-19H2,1-2H3,(H,28,31)/b20-16+/t26-/m1/s1. The van der Waals surface area contributed by atoms with E-state index in [1.54, 1.807) is 7.11 Å². The number of morpholine rings is 1. The molecule has 1 atom stereocenters. The first-order chi connectivity index (χ1) is 16.1. The van der Waals surface area contributed by atoms with Crippen LogP contribution in [0.2, 0.25) is 0 Å². The third kappa shape index (κ3) is 6.05. The number of methoxy groups -OCH3 is 1. The van der Waals surface area contributed by atoms with E-state index < -0.39 is 0 Å². The molecule has 1 aliphatic heterocycles. The summed E-state index contributed by atoms with van der Waals surface area (Å²) in [5.74, 6) is -0.124. The maximum atomic E-state index is 12.9. The van der Waals surface area contributed by atoms with Gasteiger partial charge in [-0.05, 0) is 24.6 Å². The molecule has 33 heavy (non-hydrogen) atoms. The Labute approximate surface area is 195 Å². The van der Waals surface area contributed by atoms with Crippen molar-refractivity contribution in [3.8, 4) is 0 Å². The molecule has 0 spiro atoms. The Kier molecular flexibility index (Phi) is 7.83. The molecule has 1 aliphatic rings. The van der Waals surface area contributed by atoms with Gasteiger partial charge in [0.15, 0.2) is 0 Å². The summed E-state index contributed by atoms with van der Waals surface area (Å²) in [6, 6.07) is 20.0. The largest absolute Gasteiger partial charge is 0.383 e. The first-order valence-corrected chi connectivity index (χ1v) is 11.4. The Bertz CT molecular complexity index is 1110. The van der Waals surface area contributed by atoms with E-state index in [0.717, 1.165) is 36.2 Å². The van der Waals surface area contributed by atoms with E-state index in [9.17, 15) is 4.79 Å². The second kappa shape index (κ2) is 11.2. The van der Waals surface area contributed by atoms with Crippen molar-refractivity contribution in [2.24, 2.45) is 0 Å². The van der Waals surface area contributed by atoms with Crippen LogP contribution in [0.5, 0.6) is 0 Å². The molecule has 0 unspecified atom stereocenters. The summed E-state index contributed by atoms with van der Waals surface area (Å²) in [5, 5.41) is 3.77. The number of hydrogen-bond acceptors (Lipinski definition) is 5. The number of benzene rings is 2. The summed E-state index contributed by atoms with van der Waals surface area (Å²) >= 11 is 0. The van der Waals surface area contributed by atoms with E-state index in [2.05, 4.69) is 47.5 Å². The number of hydrogen-bond donors (Lipinski definition) is 1. The van der Waals surface area contributed by atoms with Crippen LogP contribution >= 0.6 is 0 Å². The van der Waals surface area contributed by atoms with Gasteiger partial charge in [-0.15, -0.1) is 0 Å². The van der Waals surface area contributed by atoms with Crippen LogP contribution in [0.4, 0.5) is 0 Å². The van der Waals surface area contributed by atoms with Crippen molar-refractivity contribution in [3.05, 3.63) is 83.1 Å². The number of carbonyl (C=O) groups is 1. The fourth-order valence-corrected chi connectivity index (χ4v) is 4.17. The van der Waals surface area contributed by atoms with E-state index in [-0.39, 0.29) is 12.0 Å². The zero-order chi connectivity index (χ0) is 23.0. The van der Waals surface area contributed by atoms with Gasteiger partial charge < -0.3 is 14.8 Å². The first-order valence-electron chi connectivity index (χ1n) is 11.4. The second-order valence-corrected chi connectivity index (χ2v) is 8.36. The number of rotatable bonds is 8. The molecular weight excluding hydrogens is 414 g/mol. The van der Waals surface area contributed by atoms with Gasteiger partial charge in [0.1, 0.15) is 6.10 Å². The molecule has 1 aromatic heterocycles. The molecule has 2 heterocycles. The van der Waals surface area contributed by atoms with Crippen molar-refractivity contribution >= 4 is 22.9 Å². The highest BCUT2D eigenvalue weighted by molar-refractivity contribution is 6.06. The summed E-state index contributed by atoms with van der Waals surface area (Å²) in [6.45, 7) is 6.19. The minimum Gasteiger partial charge on any atom is -0.383 e. The number of aromatic nitrogens is 1. The highest BCUT2D eigenvalue weighted by Gasteiger charge is 2.25. The second-order valence-electron chi connectivity index (χ2n) is 8.36. The van der Waals surface area contributed by atoms with Crippen molar-refractivity contribution in [3.63, 3.8) is 0 Å². The summed E-state index contributed by atoms with van der Waals surface area (Å²) in [7, 11) is 1.62. The monoisotopic (exact) mass is 445 g/mol. The van der Waals surface area contributed by atoms with Gasteiger partial charge in [-0.25, -0.2) is 4.98 Å². The number of nitrogens with one attached hydrogen (secondary N) is 1. The Morgan fingerprint density at radius 3 is 2.82 bits per heavy atom. The number of ether oxygens (including phenoxy) is 2. The molecule has 0 aliphatic carbocycles. The topological polar surface area (TPSA) is 63.7 Å². The molecule has 4 rings (SSSR count). The lowest BCUT2D eigenvalue weighted by molar-refractivity contribution is -0.0287. The number of nitrogens with zero attached hydrogens (tertiary/aromatic N) is 2. The lowest BCUT2D eigenvalue weighted by Crippen LogP contribution is -2.39. The van der Waals surface area contributed by atoms with Crippen molar-refractivity contribution < 1.29 is 14.3 Å². The van der Waals surface area contributed by atoms with Crippen LogP contribution < -0.4 is 5.32 Å². The van der Waals surface area contributed by atoms with Crippen LogP contribution in [0.25, 0.3) is 17.0 Å². The summed E-state index contributed by atoms with van der Waals surface area (Å²) in [6.07, 6.45) is 2.04. The Balaban J connectivity index is 1.53. The van der Waals surface area contributed by atoms with Crippen LogP contribution in [0.15, 0.2) is 66.2 Å².